The molecule has 5 nitrogen and oxygen atoms in total. The number of carbonyl (C=O) groups excluding carboxylic acids is 1. The average Bonchev–Trinajstić information content (AvgIpc) is 3.26. The second-order valence-corrected chi connectivity index (χ2v) is 6.80. The Balaban J connectivity index is 1.50. The molecule has 0 spiro atoms. The van der Waals surface area contributed by atoms with Gasteiger partial charge in [0.05, 0.1) is 13.2 Å². The maximum atomic E-state index is 12.0. The van der Waals surface area contributed by atoms with Gasteiger partial charge in [0.2, 0.25) is 0 Å². The van der Waals surface area contributed by atoms with Crippen LogP contribution in [0.3, 0.4) is 0 Å². The van der Waals surface area contributed by atoms with E-state index in [0.717, 1.165) is 37.9 Å². The van der Waals surface area contributed by atoms with Crippen LogP contribution in [0.15, 0.2) is 24.3 Å². The molecule has 1 aromatic carbocycles. The van der Waals surface area contributed by atoms with Crippen molar-refractivity contribution in [2.45, 2.75) is 43.6 Å². The molecule has 5 heteroatoms. The molecule has 2 fully saturated rings. The first-order valence-electron chi connectivity index (χ1n) is 8.48. The third-order valence-corrected chi connectivity index (χ3v) is 5.26. The number of hydrogen-bond donors (Lipinski definition) is 3. The summed E-state index contributed by atoms with van der Waals surface area (Å²) in [6.45, 7) is 1.17. The van der Waals surface area contributed by atoms with Gasteiger partial charge < -0.3 is 20.5 Å². The molecule has 0 bridgehead atoms. The molecule has 1 aromatic rings. The molecule has 0 heterocycles. The molecule has 2 atom stereocenters. The molecule has 2 aliphatic rings. The lowest BCUT2D eigenvalue weighted by atomic mass is 9.95. The standard InChI is InChI=1S/C18H26N2O3/c1-23-16-8-3-2-6-14(16)18(9-10-18)12-20-17(22)19-11-13-5-4-7-15(13)21/h2-3,6,8,13,15,21H,4-5,7,9-12H2,1H3,(H2,19,20,22)/t13-,15+/m0/s1. The quantitative estimate of drug-likeness (QED) is 0.753. The Morgan fingerprint density at radius 1 is 1.30 bits per heavy atom. The number of aliphatic hydroxyl groups is 1. The number of hydrogen-bond acceptors (Lipinski definition) is 3. The molecule has 0 aliphatic heterocycles. The Kier molecular flexibility index (Phi) is 4.76. The van der Waals surface area contributed by atoms with E-state index in [1.54, 1.807) is 7.11 Å². The second kappa shape index (κ2) is 6.79. The van der Waals surface area contributed by atoms with Crippen molar-refractivity contribution in [3.05, 3.63) is 29.8 Å². The number of methoxy groups -OCH3 is 1. The Labute approximate surface area is 137 Å². The van der Waals surface area contributed by atoms with Crippen molar-refractivity contribution in [3.63, 3.8) is 0 Å². The highest BCUT2D eigenvalue weighted by Crippen LogP contribution is 2.50. The van der Waals surface area contributed by atoms with Crippen molar-refractivity contribution in [1.29, 1.82) is 0 Å². The van der Waals surface area contributed by atoms with Crippen molar-refractivity contribution in [1.82, 2.24) is 10.6 Å². The fourth-order valence-corrected chi connectivity index (χ4v) is 3.57. The minimum atomic E-state index is -0.265. The summed E-state index contributed by atoms with van der Waals surface area (Å²) in [7, 11) is 1.68. The molecule has 3 rings (SSSR count). The van der Waals surface area contributed by atoms with Crippen LogP contribution in [0.2, 0.25) is 0 Å². The normalized spacial score (nSPS) is 25.0. The van der Waals surface area contributed by atoms with Crippen LogP contribution in [-0.4, -0.2) is 37.4 Å². The molecule has 0 radical (unpaired) electrons. The van der Waals surface area contributed by atoms with Gasteiger partial charge in [0.25, 0.3) is 0 Å². The largest absolute Gasteiger partial charge is 0.496 e. The summed E-state index contributed by atoms with van der Waals surface area (Å²) >= 11 is 0. The summed E-state index contributed by atoms with van der Waals surface area (Å²) in [4.78, 5) is 12.0. The van der Waals surface area contributed by atoms with E-state index < -0.39 is 0 Å². The van der Waals surface area contributed by atoms with E-state index in [1.165, 1.54) is 5.56 Å². The fraction of sp³-hybridized carbons (Fsp3) is 0.611. The molecule has 2 aliphatic carbocycles. The van der Waals surface area contributed by atoms with Gasteiger partial charge >= 0.3 is 6.03 Å². The monoisotopic (exact) mass is 318 g/mol. The summed E-state index contributed by atoms with van der Waals surface area (Å²) in [6, 6.07) is 7.88. The smallest absolute Gasteiger partial charge is 0.314 e. The zero-order valence-electron chi connectivity index (χ0n) is 13.7. The highest BCUT2D eigenvalue weighted by atomic mass is 16.5. The van der Waals surface area contributed by atoms with Crippen molar-refractivity contribution >= 4 is 6.03 Å². The summed E-state index contributed by atoms with van der Waals surface area (Å²) < 4.78 is 5.45. The summed E-state index contributed by atoms with van der Waals surface area (Å²) in [5.74, 6) is 1.09. The first-order chi connectivity index (χ1) is 11.1. The van der Waals surface area contributed by atoms with Crippen LogP contribution in [0.4, 0.5) is 4.79 Å². The molecule has 2 saturated carbocycles. The predicted molar refractivity (Wildman–Crippen MR) is 88.7 cm³/mol. The SMILES string of the molecule is COc1ccccc1C1(CNC(=O)NC[C@@H]2CCC[C@H]2O)CC1. The molecular weight excluding hydrogens is 292 g/mol. The lowest BCUT2D eigenvalue weighted by Gasteiger charge is -2.20. The van der Waals surface area contributed by atoms with E-state index in [9.17, 15) is 9.90 Å². The van der Waals surface area contributed by atoms with E-state index >= 15 is 0 Å². The van der Waals surface area contributed by atoms with Gasteiger partial charge in [0.15, 0.2) is 0 Å². The summed E-state index contributed by atoms with van der Waals surface area (Å²) in [5.41, 5.74) is 1.19. The van der Waals surface area contributed by atoms with Crippen LogP contribution in [0, 0.1) is 5.92 Å². The molecule has 2 amide bonds. The third-order valence-electron chi connectivity index (χ3n) is 5.26. The van der Waals surface area contributed by atoms with E-state index in [4.69, 9.17) is 4.74 Å². The number of urea groups is 1. The zero-order valence-corrected chi connectivity index (χ0v) is 13.7. The number of ether oxygens (including phenoxy) is 1. The zero-order chi connectivity index (χ0) is 16.3. The van der Waals surface area contributed by atoms with Gasteiger partial charge in [-0.15, -0.1) is 0 Å². The number of aliphatic hydroxyl groups excluding tert-OH is 1. The molecule has 3 N–H and O–H groups in total. The van der Waals surface area contributed by atoms with Gasteiger partial charge in [-0.3, -0.25) is 0 Å². The number of nitrogens with one attached hydrogen (secondary N) is 2. The molecule has 126 valence electrons. The first-order valence-corrected chi connectivity index (χ1v) is 8.48. The van der Waals surface area contributed by atoms with Crippen molar-refractivity contribution < 1.29 is 14.6 Å². The Bertz CT molecular complexity index is 557. The van der Waals surface area contributed by atoms with Gasteiger partial charge in [-0.2, -0.15) is 0 Å². The molecule has 23 heavy (non-hydrogen) atoms. The highest BCUT2D eigenvalue weighted by molar-refractivity contribution is 5.74. The van der Waals surface area contributed by atoms with Crippen molar-refractivity contribution in [3.8, 4) is 5.75 Å². The minimum absolute atomic E-state index is 0.0107. The van der Waals surface area contributed by atoms with Crippen LogP contribution in [0.1, 0.15) is 37.7 Å². The van der Waals surface area contributed by atoms with E-state index in [2.05, 4.69) is 16.7 Å². The number of amides is 2. The van der Waals surface area contributed by atoms with Crippen LogP contribution in [0.5, 0.6) is 5.75 Å². The van der Waals surface area contributed by atoms with E-state index in [0.29, 0.717) is 13.1 Å². The van der Waals surface area contributed by atoms with Crippen LogP contribution in [0.25, 0.3) is 0 Å². The lowest BCUT2D eigenvalue weighted by Crippen LogP contribution is -2.42. The van der Waals surface area contributed by atoms with Crippen molar-refractivity contribution in [2.24, 2.45) is 5.92 Å². The van der Waals surface area contributed by atoms with Gasteiger partial charge in [-0.1, -0.05) is 24.6 Å². The van der Waals surface area contributed by atoms with Gasteiger partial charge in [-0.25, -0.2) is 4.79 Å². The highest BCUT2D eigenvalue weighted by Gasteiger charge is 2.46. The Morgan fingerprint density at radius 2 is 2.09 bits per heavy atom. The predicted octanol–water partition coefficient (Wildman–Crippen LogP) is 2.19. The summed E-state index contributed by atoms with van der Waals surface area (Å²) in [5, 5.41) is 15.7. The first kappa shape index (κ1) is 16.1. The maximum absolute atomic E-state index is 12.0. The van der Waals surface area contributed by atoms with Gasteiger partial charge in [0.1, 0.15) is 5.75 Å². The van der Waals surface area contributed by atoms with Crippen molar-refractivity contribution in [2.75, 3.05) is 20.2 Å². The number of para-hydroxylation sites is 1. The molecule has 0 aromatic heterocycles. The number of rotatable bonds is 6. The van der Waals surface area contributed by atoms with Crippen LogP contribution >= 0.6 is 0 Å². The number of benzene rings is 1. The summed E-state index contributed by atoms with van der Waals surface area (Å²) in [6.07, 6.45) is 4.76. The second-order valence-electron chi connectivity index (χ2n) is 6.80. The number of carbonyl (C=O) groups is 1. The fourth-order valence-electron chi connectivity index (χ4n) is 3.57. The average molecular weight is 318 g/mol. The minimum Gasteiger partial charge on any atom is -0.496 e. The maximum Gasteiger partial charge on any atom is 0.314 e. The molecular formula is C18H26N2O3. The van der Waals surface area contributed by atoms with E-state index in [-0.39, 0.29) is 23.5 Å². The Morgan fingerprint density at radius 3 is 2.74 bits per heavy atom. The topological polar surface area (TPSA) is 70.6 Å². The van der Waals surface area contributed by atoms with Gasteiger partial charge in [0, 0.05) is 30.0 Å². The Hall–Kier alpha value is -1.75. The van der Waals surface area contributed by atoms with Crippen LogP contribution in [-0.2, 0) is 5.41 Å². The van der Waals surface area contributed by atoms with Crippen LogP contribution < -0.4 is 15.4 Å². The lowest BCUT2D eigenvalue weighted by molar-refractivity contribution is 0.132. The molecule has 0 unspecified atom stereocenters. The van der Waals surface area contributed by atoms with Gasteiger partial charge in [-0.05, 0) is 31.7 Å². The third kappa shape index (κ3) is 3.61. The van der Waals surface area contributed by atoms with E-state index in [1.807, 2.05) is 18.2 Å². The molecule has 0 saturated heterocycles.